The predicted octanol–water partition coefficient (Wildman–Crippen LogP) is 7.16. The topological polar surface area (TPSA) is 80.3 Å². The van der Waals surface area contributed by atoms with Crippen LogP contribution in [0.5, 0.6) is 5.75 Å². The van der Waals surface area contributed by atoms with E-state index in [-0.39, 0.29) is 42.7 Å². The van der Waals surface area contributed by atoms with Crippen molar-refractivity contribution in [3.8, 4) is 5.75 Å². The normalized spacial score (nSPS) is 13.2. The van der Waals surface area contributed by atoms with Crippen molar-refractivity contribution in [3.63, 3.8) is 0 Å². The van der Waals surface area contributed by atoms with Crippen LogP contribution in [0.1, 0.15) is 61.8 Å². The van der Waals surface area contributed by atoms with Crippen LogP contribution in [0.4, 0.5) is 0 Å². The molecule has 0 aliphatic rings. The summed E-state index contributed by atoms with van der Waals surface area (Å²) >= 11 is 0. The lowest BCUT2D eigenvalue weighted by Crippen LogP contribution is -2.22. The van der Waals surface area contributed by atoms with Gasteiger partial charge < -0.3 is 22.8 Å². The molecule has 0 amide bonds. The zero-order valence-corrected chi connectivity index (χ0v) is 22.6. The lowest BCUT2D eigenvalue weighted by molar-refractivity contribution is 0.134. The van der Waals surface area contributed by atoms with Gasteiger partial charge in [0.2, 0.25) is 0 Å². The van der Waals surface area contributed by atoms with E-state index in [1.165, 1.54) is 0 Å². The highest BCUT2D eigenvalue weighted by Gasteiger charge is 2.37. The Labute approximate surface area is 194 Å². The van der Waals surface area contributed by atoms with E-state index in [1.54, 1.807) is 0 Å². The molecular formula is C23H42O7P2. The number of ether oxygens (including phenoxy) is 1. The molecule has 0 unspecified atom stereocenters. The van der Waals surface area contributed by atoms with Crippen LogP contribution in [-0.4, -0.2) is 43.3 Å². The first kappa shape index (κ1) is 29.4. The summed E-state index contributed by atoms with van der Waals surface area (Å²) in [5, 5.41) is 0. The Balaban J connectivity index is 3.08. The van der Waals surface area contributed by atoms with Crippen molar-refractivity contribution < 1.29 is 32.0 Å². The zero-order chi connectivity index (χ0) is 24.4. The van der Waals surface area contributed by atoms with Gasteiger partial charge in [0.05, 0.1) is 43.3 Å². The molecular weight excluding hydrogens is 450 g/mol. The molecule has 1 aromatic carbocycles. The summed E-state index contributed by atoms with van der Waals surface area (Å²) < 4.78 is 55.9. The van der Waals surface area contributed by atoms with Gasteiger partial charge in [-0.1, -0.05) is 18.2 Å². The van der Waals surface area contributed by atoms with Crippen molar-refractivity contribution in [3.05, 3.63) is 30.3 Å². The first-order chi connectivity index (χ1) is 14.8. The van der Waals surface area contributed by atoms with Gasteiger partial charge in [-0.05, 0) is 79.9 Å². The van der Waals surface area contributed by atoms with Crippen molar-refractivity contribution in [2.24, 2.45) is 5.92 Å². The molecule has 0 N–H and O–H groups in total. The SMILES string of the molecule is CC(C)OP(=O)(CC(CCOc1ccccc1)CP(=O)(OC(C)C)OC(C)C)OC(C)C. The summed E-state index contributed by atoms with van der Waals surface area (Å²) in [6.07, 6.45) is -0.381. The van der Waals surface area contributed by atoms with Gasteiger partial charge in [-0.25, -0.2) is 0 Å². The molecule has 0 bridgehead atoms. The first-order valence-electron chi connectivity index (χ1n) is 11.4. The third-order valence-electron chi connectivity index (χ3n) is 3.99. The molecule has 7 nitrogen and oxygen atoms in total. The second kappa shape index (κ2) is 13.9. The maximum Gasteiger partial charge on any atom is 0.331 e. The monoisotopic (exact) mass is 492 g/mol. The van der Waals surface area contributed by atoms with E-state index >= 15 is 0 Å². The maximum absolute atomic E-state index is 13.6. The molecule has 0 aliphatic carbocycles. The number of rotatable bonds is 16. The van der Waals surface area contributed by atoms with Crippen LogP contribution in [-0.2, 0) is 27.2 Å². The lowest BCUT2D eigenvalue weighted by Gasteiger charge is -2.30. The fourth-order valence-electron chi connectivity index (χ4n) is 3.24. The van der Waals surface area contributed by atoms with Crippen LogP contribution in [0.15, 0.2) is 30.3 Å². The van der Waals surface area contributed by atoms with E-state index in [9.17, 15) is 9.13 Å². The average Bonchev–Trinajstić information content (AvgIpc) is 2.58. The van der Waals surface area contributed by atoms with Crippen LogP contribution in [0.2, 0.25) is 0 Å². The second-order valence-electron chi connectivity index (χ2n) is 9.02. The van der Waals surface area contributed by atoms with Crippen molar-refractivity contribution in [2.45, 2.75) is 86.2 Å². The molecule has 0 spiro atoms. The summed E-state index contributed by atoms with van der Waals surface area (Å²) in [4.78, 5) is 0. The van der Waals surface area contributed by atoms with Crippen LogP contribution in [0, 0.1) is 5.92 Å². The maximum atomic E-state index is 13.6. The summed E-state index contributed by atoms with van der Waals surface area (Å²) in [5.41, 5.74) is 0. The Bertz CT molecular complexity index is 667. The Kier molecular flexibility index (Phi) is 12.7. The largest absolute Gasteiger partial charge is 0.494 e. The fraction of sp³-hybridized carbons (Fsp3) is 0.739. The standard InChI is InChI=1S/C23H42O7P2/c1-18(2)27-31(24,28-19(3)4)16-22(14-15-26-23-12-10-9-11-13-23)17-32(25,29-20(5)6)30-21(7)8/h9-13,18-22H,14-17H2,1-8H3. The molecule has 186 valence electrons. The van der Waals surface area contributed by atoms with Gasteiger partial charge >= 0.3 is 15.2 Å². The van der Waals surface area contributed by atoms with Crippen molar-refractivity contribution in [2.75, 3.05) is 18.9 Å². The molecule has 0 radical (unpaired) electrons. The van der Waals surface area contributed by atoms with Crippen LogP contribution in [0.25, 0.3) is 0 Å². The van der Waals surface area contributed by atoms with E-state index in [0.717, 1.165) is 5.75 Å². The third kappa shape index (κ3) is 12.5. The van der Waals surface area contributed by atoms with Gasteiger partial charge in [0.1, 0.15) is 5.75 Å². The van der Waals surface area contributed by atoms with Crippen molar-refractivity contribution in [1.29, 1.82) is 0 Å². The number of hydrogen-bond donors (Lipinski definition) is 0. The molecule has 0 saturated carbocycles. The first-order valence-corrected chi connectivity index (χ1v) is 14.9. The van der Waals surface area contributed by atoms with Gasteiger partial charge in [0.15, 0.2) is 0 Å². The predicted molar refractivity (Wildman–Crippen MR) is 130 cm³/mol. The average molecular weight is 493 g/mol. The van der Waals surface area contributed by atoms with Crippen LogP contribution in [0.3, 0.4) is 0 Å². The van der Waals surface area contributed by atoms with E-state index in [2.05, 4.69) is 0 Å². The Morgan fingerprint density at radius 2 is 1.03 bits per heavy atom. The highest BCUT2D eigenvalue weighted by atomic mass is 31.2. The van der Waals surface area contributed by atoms with Gasteiger partial charge in [0.25, 0.3) is 0 Å². The van der Waals surface area contributed by atoms with Gasteiger partial charge in [-0.15, -0.1) is 0 Å². The van der Waals surface area contributed by atoms with Gasteiger partial charge in [-0.3, -0.25) is 9.13 Å². The highest BCUT2D eigenvalue weighted by molar-refractivity contribution is 7.55. The molecule has 0 saturated heterocycles. The van der Waals surface area contributed by atoms with Crippen LogP contribution >= 0.6 is 15.2 Å². The molecule has 1 aromatic rings. The molecule has 1 rings (SSSR count). The lowest BCUT2D eigenvalue weighted by atomic mass is 10.1. The molecule has 0 fully saturated rings. The van der Waals surface area contributed by atoms with E-state index in [0.29, 0.717) is 13.0 Å². The zero-order valence-electron chi connectivity index (χ0n) is 20.9. The quantitative estimate of drug-likeness (QED) is 0.227. The number of hydrogen-bond acceptors (Lipinski definition) is 7. The number of benzene rings is 1. The summed E-state index contributed by atoms with van der Waals surface area (Å²) in [6, 6.07) is 9.46. The molecule has 0 heterocycles. The molecule has 0 aromatic heterocycles. The summed E-state index contributed by atoms with van der Waals surface area (Å²) in [5.74, 6) is 0.428. The van der Waals surface area contributed by atoms with E-state index < -0.39 is 15.2 Å². The van der Waals surface area contributed by atoms with E-state index in [4.69, 9.17) is 22.8 Å². The molecule has 0 aliphatic heterocycles. The minimum absolute atomic E-state index is 0.106. The van der Waals surface area contributed by atoms with Crippen molar-refractivity contribution in [1.82, 2.24) is 0 Å². The fourth-order valence-corrected chi connectivity index (χ4v) is 8.34. The third-order valence-corrected chi connectivity index (χ3v) is 8.89. The highest BCUT2D eigenvalue weighted by Crippen LogP contribution is 2.57. The van der Waals surface area contributed by atoms with E-state index in [1.807, 2.05) is 85.7 Å². The Hall–Kier alpha value is -0.680. The summed E-state index contributed by atoms with van der Waals surface area (Å²) in [6.45, 7) is 14.9. The number of para-hydroxylation sites is 1. The van der Waals surface area contributed by atoms with Crippen LogP contribution < -0.4 is 4.74 Å². The van der Waals surface area contributed by atoms with Gasteiger partial charge in [0, 0.05) is 0 Å². The minimum atomic E-state index is -3.44. The van der Waals surface area contributed by atoms with Gasteiger partial charge in [-0.2, -0.15) is 0 Å². The second-order valence-corrected chi connectivity index (χ2v) is 13.0. The smallest absolute Gasteiger partial charge is 0.331 e. The van der Waals surface area contributed by atoms with Crippen molar-refractivity contribution >= 4 is 15.2 Å². The molecule has 9 heteroatoms. The molecule has 0 atom stereocenters. The Morgan fingerprint density at radius 1 is 0.656 bits per heavy atom. The Morgan fingerprint density at radius 3 is 1.38 bits per heavy atom. The summed E-state index contributed by atoms with van der Waals surface area (Å²) in [7, 11) is -6.88. The minimum Gasteiger partial charge on any atom is -0.494 e. The molecule has 32 heavy (non-hydrogen) atoms.